The maximum atomic E-state index is 12.4. The van der Waals surface area contributed by atoms with Gasteiger partial charge in [-0.3, -0.25) is 4.79 Å². The molecule has 1 aromatic rings. The molecule has 1 aliphatic carbocycles. The largest absolute Gasteiger partial charge is 0.508 e. The van der Waals surface area contributed by atoms with Crippen LogP contribution in [0, 0.1) is 12.8 Å². The highest BCUT2D eigenvalue weighted by atomic mass is 35.5. The van der Waals surface area contributed by atoms with Gasteiger partial charge in [0, 0.05) is 11.4 Å². The second-order valence-corrected chi connectivity index (χ2v) is 6.32. The molecule has 0 heterocycles. The van der Waals surface area contributed by atoms with E-state index in [1.54, 1.807) is 12.1 Å². The summed E-state index contributed by atoms with van der Waals surface area (Å²) in [4.78, 5) is 12.4. The minimum atomic E-state index is -0.282. The highest BCUT2D eigenvalue weighted by Crippen LogP contribution is 2.33. The van der Waals surface area contributed by atoms with Crippen molar-refractivity contribution in [2.75, 3.05) is 5.88 Å². The van der Waals surface area contributed by atoms with Crippen LogP contribution < -0.4 is 5.32 Å². The number of amides is 1. The van der Waals surface area contributed by atoms with Gasteiger partial charge in [-0.2, -0.15) is 0 Å². The molecule has 0 bridgehead atoms. The van der Waals surface area contributed by atoms with Crippen LogP contribution in [0.4, 0.5) is 0 Å². The Balaban J connectivity index is 2.13. The number of phenolic OH excluding ortho intramolecular Hbond substituents is 1. The molecule has 0 atom stereocenters. The first-order valence-corrected chi connectivity index (χ1v) is 7.67. The van der Waals surface area contributed by atoms with E-state index in [-0.39, 0.29) is 17.2 Å². The third-order valence-electron chi connectivity index (χ3n) is 4.32. The minimum absolute atomic E-state index is 0.0993. The minimum Gasteiger partial charge on any atom is -0.508 e. The Morgan fingerprint density at radius 1 is 1.45 bits per heavy atom. The number of halogens is 1. The topological polar surface area (TPSA) is 49.3 Å². The molecule has 1 amide bonds. The standard InChI is InChI=1S/C16H22ClNO2/c1-11-5-7-16(10-17,8-6-11)18-15(20)14-4-3-13(19)9-12(14)2/h3-4,9,11,19H,5-8,10H2,1-2H3,(H,18,20). The lowest BCUT2D eigenvalue weighted by Crippen LogP contribution is -2.52. The van der Waals surface area contributed by atoms with Crippen LogP contribution in [0.2, 0.25) is 0 Å². The number of rotatable bonds is 3. The van der Waals surface area contributed by atoms with Crippen molar-refractivity contribution in [3.63, 3.8) is 0 Å². The quantitative estimate of drug-likeness (QED) is 0.837. The van der Waals surface area contributed by atoms with Crippen LogP contribution in [0.3, 0.4) is 0 Å². The van der Waals surface area contributed by atoms with Gasteiger partial charge in [-0.05, 0) is 62.3 Å². The number of nitrogens with one attached hydrogen (secondary N) is 1. The summed E-state index contributed by atoms with van der Waals surface area (Å²) in [7, 11) is 0. The van der Waals surface area contributed by atoms with E-state index in [1.165, 1.54) is 6.07 Å². The lowest BCUT2D eigenvalue weighted by molar-refractivity contribution is 0.0872. The Hall–Kier alpha value is -1.22. The summed E-state index contributed by atoms with van der Waals surface area (Å²) >= 11 is 6.13. The van der Waals surface area contributed by atoms with E-state index >= 15 is 0 Å². The fourth-order valence-electron chi connectivity index (χ4n) is 2.82. The molecule has 110 valence electrons. The first-order chi connectivity index (χ1) is 9.46. The summed E-state index contributed by atoms with van der Waals surface area (Å²) in [6, 6.07) is 4.80. The molecule has 1 aliphatic rings. The number of carbonyl (C=O) groups is 1. The first-order valence-electron chi connectivity index (χ1n) is 7.14. The Bertz CT molecular complexity index is 493. The predicted molar refractivity (Wildman–Crippen MR) is 81.4 cm³/mol. The number of benzene rings is 1. The number of alkyl halides is 1. The van der Waals surface area contributed by atoms with Crippen LogP contribution in [0.15, 0.2) is 18.2 Å². The summed E-state index contributed by atoms with van der Waals surface area (Å²) in [6.07, 6.45) is 4.06. The summed E-state index contributed by atoms with van der Waals surface area (Å²) in [5.41, 5.74) is 1.09. The molecule has 2 N–H and O–H groups in total. The number of aryl methyl sites for hydroxylation is 1. The van der Waals surface area contributed by atoms with E-state index in [0.717, 1.165) is 31.2 Å². The zero-order valence-electron chi connectivity index (χ0n) is 12.1. The Morgan fingerprint density at radius 3 is 2.65 bits per heavy atom. The van der Waals surface area contributed by atoms with Crippen molar-refractivity contribution in [2.24, 2.45) is 5.92 Å². The molecule has 0 saturated heterocycles. The van der Waals surface area contributed by atoms with Crippen LogP contribution in [0.1, 0.15) is 48.5 Å². The Labute approximate surface area is 125 Å². The zero-order chi connectivity index (χ0) is 14.8. The number of hydrogen-bond donors (Lipinski definition) is 2. The smallest absolute Gasteiger partial charge is 0.252 e. The van der Waals surface area contributed by atoms with Gasteiger partial charge in [0.15, 0.2) is 0 Å². The average Bonchev–Trinajstić information content (AvgIpc) is 2.41. The van der Waals surface area contributed by atoms with Gasteiger partial charge < -0.3 is 10.4 Å². The van der Waals surface area contributed by atoms with Crippen molar-refractivity contribution in [3.8, 4) is 5.75 Å². The second kappa shape index (κ2) is 6.04. The third-order valence-corrected chi connectivity index (χ3v) is 4.83. The number of hydrogen-bond acceptors (Lipinski definition) is 2. The second-order valence-electron chi connectivity index (χ2n) is 6.05. The molecular formula is C16H22ClNO2. The van der Waals surface area contributed by atoms with Gasteiger partial charge >= 0.3 is 0 Å². The molecule has 20 heavy (non-hydrogen) atoms. The maximum Gasteiger partial charge on any atom is 0.252 e. The van der Waals surface area contributed by atoms with Gasteiger partial charge in [-0.25, -0.2) is 0 Å². The monoisotopic (exact) mass is 295 g/mol. The molecule has 0 aliphatic heterocycles. The summed E-state index contributed by atoms with van der Waals surface area (Å²) in [6.45, 7) is 4.06. The van der Waals surface area contributed by atoms with Gasteiger partial charge in [-0.15, -0.1) is 11.6 Å². The van der Waals surface area contributed by atoms with Crippen LogP contribution in [-0.4, -0.2) is 22.4 Å². The molecule has 0 spiro atoms. The van der Waals surface area contributed by atoms with E-state index in [1.807, 2.05) is 6.92 Å². The van der Waals surface area contributed by atoms with E-state index in [4.69, 9.17) is 11.6 Å². The van der Waals surface area contributed by atoms with E-state index in [0.29, 0.717) is 17.4 Å². The molecule has 0 unspecified atom stereocenters. The average molecular weight is 296 g/mol. The van der Waals surface area contributed by atoms with Crippen molar-refractivity contribution in [2.45, 2.75) is 45.1 Å². The normalized spacial score (nSPS) is 26.2. The molecular weight excluding hydrogens is 274 g/mol. The lowest BCUT2D eigenvalue weighted by Gasteiger charge is -2.38. The molecule has 1 saturated carbocycles. The molecule has 0 radical (unpaired) electrons. The van der Waals surface area contributed by atoms with Crippen LogP contribution >= 0.6 is 11.6 Å². The maximum absolute atomic E-state index is 12.4. The van der Waals surface area contributed by atoms with Crippen molar-refractivity contribution in [1.82, 2.24) is 5.32 Å². The third kappa shape index (κ3) is 3.26. The van der Waals surface area contributed by atoms with Crippen molar-refractivity contribution < 1.29 is 9.90 Å². The Morgan fingerprint density at radius 2 is 2.10 bits per heavy atom. The molecule has 2 rings (SSSR count). The molecule has 4 heteroatoms. The summed E-state index contributed by atoms with van der Waals surface area (Å²) in [5.74, 6) is 1.23. The molecule has 1 aromatic carbocycles. The van der Waals surface area contributed by atoms with E-state index < -0.39 is 0 Å². The highest BCUT2D eigenvalue weighted by molar-refractivity contribution is 6.19. The van der Waals surface area contributed by atoms with Gasteiger partial charge in [0.25, 0.3) is 5.91 Å². The molecule has 3 nitrogen and oxygen atoms in total. The van der Waals surface area contributed by atoms with Gasteiger partial charge in [-0.1, -0.05) is 6.92 Å². The van der Waals surface area contributed by atoms with Crippen molar-refractivity contribution >= 4 is 17.5 Å². The van der Waals surface area contributed by atoms with Gasteiger partial charge in [0.05, 0.1) is 5.54 Å². The molecule has 1 fully saturated rings. The van der Waals surface area contributed by atoms with Crippen molar-refractivity contribution in [1.29, 1.82) is 0 Å². The predicted octanol–water partition coefficient (Wildman–Crippen LogP) is 3.62. The van der Waals surface area contributed by atoms with Crippen LogP contribution in [-0.2, 0) is 0 Å². The summed E-state index contributed by atoms with van der Waals surface area (Å²) in [5, 5.41) is 12.5. The van der Waals surface area contributed by atoms with Gasteiger partial charge in [0.1, 0.15) is 5.75 Å². The van der Waals surface area contributed by atoms with Crippen molar-refractivity contribution in [3.05, 3.63) is 29.3 Å². The summed E-state index contributed by atoms with van der Waals surface area (Å²) < 4.78 is 0. The van der Waals surface area contributed by atoms with Gasteiger partial charge in [0.2, 0.25) is 0 Å². The zero-order valence-corrected chi connectivity index (χ0v) is 12.8. The first kappa shape index (κ1) is 15.2. The highest BCUT2D eigenvalue weighted by Gasteiger charge is 2.35. The fourth-order valence-corrected chi connectivity index (χ4v) is 3.15. The van der Waals surface area contributed by atoms with Crippen LogP contribution in [0.5, 0.6) is 5.75 Å². The SMILES string of the molecule is Cc1cc(O)ccc1C(=O)NC1(CCl)CCC(C)CC1. The van der Waals surface area contributed by atoms with Crippen LogP contribution in [0.25, 0.3) is 0 Å². The van der Waals surface area contributed by atoms with E-state index in [9.17, 15) is 9.90 Å². The number of carbonyl (C=O) groups excluding carboxylic acids is 1. The fraction of sp³-hybridized carbons (Fsp3) is 0.562. The lowest BCUT2D eigenvalue weighted by atomic mass is 9.78. The molecule has 0 aromatic heterocycles. The number of aromatic hydroxyl groups is 1. The Kier molecular flexibility index (Phi) is 4.59. The number of phenols is 1. The van der Waals surface area contributed by atoms with E-state index in [2.05, 4.69) is 12.2 Å².